The van der Waals surface area contributed by atoms with Gasteiger partial charge in [0.1, 0.15) is 12.2 Å². The van der Waals surface area contributed by atoms with Crippen molar-refractivity contribution < 1.29 is 20.4 Å². The minimum Gasteiger partial charge on any atom is -0.394 e. The van der Waals surface area contributed by atoms with E-state index in [9.17, 15) is 15.3 Å². The molecule has 5 N–H and O–H groups in total. The summed E-state index contributed by atoms with van der Waals surface area (Å²) in [6.45, 7) is -0.287. The zero-order valence-electron chi connectivity index (χ0n) is 11.0. The van der Waals surface area contributed by atoms with Crippen LogP contribution in [-0.2, 0) is 0 Å². The largest absolute Gasteiger partial charge is 0.394 e. The standard InChI is InChI=1S/C13H27NO4/c15-9-12(17)13(18)11(16)8-14-10-6-4-2-1-3-5-7-10/h10-18H,1-9H2/t11-,12-,13-/m1/s1. The smallest absolute Gasteiger partial charge is 0.109 e. The third-order valence-corrected chi connectivity index (χ3v) is 3.70. The molecule has 18 heavy (non-hydrogen) atoms. The van der Waals surface area contributed by atoms with Crippen molar-refractivity contribution >= 4 is 0 Å². The summed E-state index contributed by atoms with van der Waals surface area (Å²) in [4.78, 5) is 0. The van der Waals surface area contributed by atoms with Crippen molar-refractivity contribution in [3.63, 3.8) is 0 Å². The van der Waals surface area contributed by atoms with Crippen molar-refractivity contribution in [2.75, 3.05) is 13.2 Å². The van der Waals surface area contributed by atoms with E-state index in [0.717, 1.165) is 12.8 Å². The van der Waals surface area contributed by atoms with Crippen LogP contribution in [0.4, 0.5) is 0 Å². The molecule has 0 aromatic rings. The Morgan fingerprint density at radius 1 is 0.889 bits per heavy atom. The highest BCUT2D eigenvalue weighted by atomic mass is 16.4. The second kappa shape index (κ2) is 8.82. The van der Waals surface area contributed by atoms with Gasteiger partial charge >= 0.3 is 0 Å². The second-order valence-electron chi connectivity index (χ2n) is 5.26. The van der Waals surface area contributed by atoms with Gasteiger partial charge in [-0.1, -0.05) is 32.1 Å². The van der Waals surface area contributed by atoms with E-state index in [1.54, 1.807) is 0 Å². The van der Waals surface area contributed by atoms with Crippen molar-refractivity contribution in [3.8, 4) is 0 Å². The highest BCUT2D eigenvalue weighted by Gasteiger charge is 2.24. The molecule has 5 heteroatoms. The van der Waals surface area contributed by atoms with E-state index in [0.29, 0.717) is 6.04 Å². The monoisotopic (exact) mass is 261 g/mol. The fourth-order valence-electron chi connectivity index (χ4n) is 2.43. The zero-order valence-corrected chi connectivity index (χ0v) is 11.0. The minimum atomic E-state index is -1.30. The molecule has 0 unspecified atom stereocenters. The summed E-state index contributed by atoms with van der Waals surface area (Å²) >= 11 is 0. The van der Waals surface area contributed by atoms with E-state index in [1.165, 1.54) is 32.1 Å². The Hall–Kier alpha value is -0.200. The molecule has 5 nitrogen and oxygen atoms in total. The summed E-state index contributed by atoms with van der Waals surface area (Å²) in [5, 5.41) is 40.4. The highest BCUT2D eigenvalue weighted by Crippen LogP contribution is 2.17. The molecule has 0 spiro atoms. The number of aliphatic hydroxyl groups is 4. The lowest BCUT2D eigenvalue weighted by atomic mass is 9.96. The molecule has 1 aliphatic carbocycles. The van der Waals surface area contributed by atoms with Crippen molar-refractivity contribution in [2.45, 2.75) is 69.3 Å². The normalized spacial score (nSPS) is 24.0. The fourth-order valence-corrected chi connectivity index (χ4v) is 2.43. The van der Waals surface area contributed by atoms with Gasteiger partial charge in [-0.3, -0.25) is 0 Å². The molecule has 0 bridgehead atoms. The van der Waals surface area contributed by atoms with Gasteiger partial charge in [0.05, 0.1) is 12.7 Å². The molecule has 108 valence electrons. The Kier molecular flexibility index (Phi) is 7.77. The Balaban J connectivity index is 2.25. The first kappa shape index (κ1) is 15.9. The summed E-state index contributed by atoms with van der Waals surface area (Å²) in [6.07, 6.45) is 4.85. The second-order valence-corrected chi connectivity index (χ2v) is 5.26. The molecule has 0 radical (unpaired) electrons. The molecular weight excluding hydrogens is 234 g/mol. The van der Waals surface area contributed by atoms with E-state index in [1.807, 2.05) is 0 Å². The van der Waals surface area contributed by atoms with Crippen molar-refractivity contribution in [1.29, 1.82) is 0 Å². The predicted molar refractivity (Wildman–Crippen MR) is 69.2 cm³/mol. The van der Waals surface area contributed by atoms with E-state index in [4.69, 9.17) is 5.11 Å². The first-order valence-corrected chi connectivity index (χ1v) is 7.03. The van der Waals surface area contributed by atoms with Gasteiger partial charge in [0.2, 0.25) is 0 Å². The third kappa shape index (κ3) is 5.63. The fraction of sp³-hybridized carbons (Fsp3) is 1.00. The highest BCUT2D eigenvalue weighted by molar-refractivity contribution is 4.79. The Bertz CT molecular complexity index is 205. The molecule has 0 aromatic heterocycles. The van der Waals surface area contributed by atoms with Crippen LogP contribution in [0, 0.1) is 0 Å². The molecular formula is C13H27NO4. The van der Waals surface area contributed by atoms with Crippen molar-refractivity contribution in [3.05, 3.63) is 0 Å². The first-order chi connectivity index (χ1) is 8.65. The molecule has 0 amide bonds. The maximum absolute atomic E-state index is 9.69. The Morgan fingerprint density at radius 2 is 1.44 bits per heavy atom. The van der Waals surface area contributed by atoms with Crippen LogP contribution < -0.4 is 5.32 Å². The van der Waals surface area contributed by atoms with E-state index < -0.39 is 24.9 Å². The molecule has 0 aliphatic heterocycles. The van der Waals surface area contributed by atoms with Gasteiger partial charge in [0, 0.05) is 12.6 Å². The number of hydrogen-bond acceptors (Lipinski definition) is 5. The Morgan fingerprint density at radius 3 is 2.00 bits per heavy atom. The van der Waals surface area contributed by atoms with Gasteiger partial charge in [-0.05, 0) is 12.8 Å². The molecule has 3 atom stereocenters. The van der Waals surface area contributed by atoms with E-state index in [-0.39, 0.29) is 6.54 Å². The molecule has 1 rings (SSSR count). The van der Waals surface area contributed by atoms with E-state index in [2.05, 4.69) is 5.32 Å². The summed E-state index contributed by atoms with van der Waals surface area (Å²) in [6, 6.07) is 0.387. The predicted octanol–water partition coefficient (Wildman–Crippen LogP) is -0.236. The summed E-state index contributed by atoms with van der Waals surface area (Å²) in [7, 11) is 0. The third-order valence-electron chi connectivity index (χ3n) is 3.70. The number of nitrogens with one attached hydrogen (secondary N) is 1. The van der Waals surface area contributed by atoms with Crippen LogP contribution in [0.25, 0.3) is 0 Å². The van der Waals surface area contributed by atoms with Crippen molar-refractivity contribution in [2.24, 2.45) is 0 Å². The van der Waals surface area contributed by atoms with Crippen LogP contribution in [-0.4, -0.2) is 57.9 Å². The number of rotatable bonds is 6. The lowest BCUT2D eigenvalue weighted by Crippen LogP contribution is -2.46. The first-order valence-electron chi connectivity index (χ1n) is 7.03. The van der Waals surface area contributed by atoms with Gasteiger partial charge in [-0.25, -0.2) is 0 Å². The number of hydrogen-bond donors (Lipinski definition) is 5. The van der Waals surface area contributed by atoms with Crippen LogP contribution >= 0.6 is 0 Å². The summed E-state index contributed by atoms with van der Waals surface area (Å²) < 4.78 is 0. The maximum atomic E-state index is 9.69. The van der Waals surface area contributed by atoms with Crippen LogP contribution in [0.3, 0.4) is 0 Å². The number of aliphatic hydroxyl groups excluding tert-OH is 4. The molecule has 0 heterocycles. The van der Waals surface area contributed by atoms with Gasteiger partial charge in [-0.15, -0.1) is 0 Å². The average molecular weight is 261 g/mol. The zero-order chi connectivity index (χ0) is 13.4. The molecule has 1 saturated carbocycles. The lowest BCUT2D eigenvalue weighted by Gasteiger charge is -2.26. The summed E-state index contributed by atoms with van der Waals surface area (Å²) in [5.41, 5.74) is 0. The van der Waals surface area contributed by atoms with Gasteiger partial charge in [-0.2, -0.15) is 0 Å². The van der Waals surface area contributed by atoms with Gasteiger partial charge in [0.15, 0.2) is 0 Å². The molecule has 1 aliphatic rings. The van der Waals surface area contributed by atoms with E-state index >= 15 is 0 Å². The minimum absolute atomic E-state index is 0.253. The molecule has 0 saturated heterocycles. The summed E-state index contributed by atoms with van der Waals surface area (Å²) in [5.74, 6) is 0. The van der Waals surface area contributed by atoms with Crippen LogP contribution in [0.15, 0.2) is 0 Å². The van der Waals surface area contributed by atoms with Gasteiger partial charge < -0.3 is 25.7 Å². The molecule has 0 aromatic carbocycles. The van der Waals surface area contributed by atoms with Crippen molar-refractivity contribution in [1.82, 2.24) is 5.32 Å². The van der Waals surface area contributed by atoms with Crippen LogP contribution in [0.5, 0.6) is 0 Å². The SMILES string of the molecule is OC[C@@H](O)[C@H](O)[C@H](O)CNC1CCCCCCC1. The molecule has 1 fully saturated rings. The lowest BCUT2D eigenvalue weighted by molar-refractivity contribution is -0.0756. The maximum Gasteiger partial charge on any atom is 0.109 e. The topological polar surface area (TPSA) is 93.0 Å². The van der Waals surface area contributed by atoms with Crippen LogP contribution in [0.1, 0.15) is 44.9 Å². The van der Waals surface area contributed by atoms with Gasteiger partial charge in [0.25, 0.3) is 0 Å². The quantitative estimate of drug-likeness (QED) is 0.455. The average Bonchev–Trinajstić information content (AvgIpc) is 2.35. The Labute approximate surface area is 109 Å². The van der Waals surface area contributed by atoms with Crippen LogP contribution in [0.2, 0.25) is 0 Å².